The van der Waals surface area contributed by atoms with Crippen molar-refractivity contribution in [2.45, 2.75) is 32.9 Å². The predicted octanol–water partition coefficient (Wildman–Crippen LogP) is 1.90. The third kappa shape index (κ3) is 5.41. The van der Waals surface area contributed by atoms with Gasteiger partial charge in [-0.3, -0.25) is 4.99 Å². The van der Waals surface area contributed by atoms with Gasteiger partial charge < -0.3 is 14.8 Å². The lowest BCUT2D eigenvalue weighted by Gasteiger charge is -2.25. The quantitative estimate of drug-likeness (QED) is 0.631. The van der Waals surface area contributed by atoms with Crippen molar-refractivity contribution in [1.82, 2.24) is 14.8 Å². The molecule has 24 heavy (non-hydrogen) atoms. The highest BCUT2D eigenvalue weighted by Crippen LogP contribution is 2.19. The first-order valence-electron chi connectivity index (χ1n) is 8.19. The van der Waals surface area contributed by atoms with E-state index < -0.39 is 9.84 Å². The molecule has 136 valence electrons. The summed E-state index contributed by atoms with van der Waals surface area (Å²) in [6.07, 6.45) is 2.58. The van der Waals surface area contributed by atoms with Crippen LogP contribution in [0.15, 0.2) is 17.3 Å². The average molecular weight is 375 g/mol. The molecule has 1 aromatic heterocycles. The molecule has 1 fully saturated rings. The van der Waals surface area contributed by atoms with Crippen molar-refractivity contribution < 1.29 is 8.42 Å². The van der Waals surface area contributed by atoms with Crippen LogP contribution in [0.25, 0.3) is 0 Å². The molecule has 0 amide bonds. The van der Waals surface area contributed by atoms with E-state index in [-0.39, 0.29) is 23.5 Å². The van der Waals surface area contributed by atoms with Gasteiger partial charge in [-0.05, 0) is 32.3 Å². The minimum Gasteiger partial charge on any atom is -0.354 e. The predicted molar refractivity (Wildman–Crippen MR) is 99.2 cm³/mol. The van der Waals surface area contributed by atoms with E-state index in [1.165, 1.54) is 0 Å². The maximum atomic E-state index is 11.6. The van der Waals surface area contributed by atoms with Crippen LogP contribution in [0.4, 0.5) is 0 Å². The summed E-state index contributed by atoms with van der Waals surface area (Å²) in [6, 6.07) is 2.18. The Morgan fingerprint density at radius 3 is 2.75 bits per heavy atom. The number of guanidine groups is 1. The summed E-state index contributed by atoms with van der Waals surface area (Å²) in [5, 5.41) is 4.07. The molecule has 0 spiro atoms. The molecular formula is C16H27ClN4O2S. The lowest BCUT2D eigenvalue weighted by molar-refractivity contribution is 0.449. The molecule has 0 bridgehead atoms. The van der Waals surface area contributed by atoms with Gasteiger partial charge in [-0.1, -0.05) is 11.6 Å². The molecule has 1 aliphatic rings. The van der Waals surface area contributed by atoms with E-state index in [2.05, 4.69) is 24.2 Å². The lowest BCUT2D eigenvalue weighted by Crippen LogP contribution is -2.42. The van der Waals surface area contributed by atoms with E-state index in [1.807, 2.05) is 35.8 Å². The zero-order valence-corrected chi connectivity index (χ0v) is 16.4. The van der Waals surface area contributed by atoms with Crippen LogP contribution in [-0.2, 0) is 23.4 Å². The van der Waals surface area contributed by atoms with Crippen molar-refractivity contribution in [2.24, 2.45) is 18.0 Å². The van der Waals surface area contributed by atoms with Crippen LogP contribution in [0.3, 0.4) is 0 Å². The number of nitrogens with one attached hydrogen (secondary N) is 1. The summed E-state index contributed by atoms with van der Waals surface area (Å²) in [4.78, 5) is 6.71. The van der Waals surface area contributed by atoms with Gasteiger partial charge in [0.15, 0.2) is 15.8 Å². The van der Waals surface area contributed by atoms with Gasteiger partial charge >= 0.3 is 0 Å². The zero-order chi connectivity index (χ0) is 17.9. The first-order valence-corrected chi connectivity index (χ1v) is 10.4. The smallest absolute Gasteiger partial charge is 0.194 e. The highest BCUT2D eigenvalue weighted by Gasteiger charge is 2.27. The Hall–Kier alpha value is -1.21. The standard InChI is InChI=1S/C16H27ClN4O2S/c1-12(2)19-16(18-8-13-5-6-24(22,23)11-13)21(4)10-15-7-14(17)9-20(15)3/h7,9,12-13H,5-6,8,10-11H2,1-4H3,(H,18,19). The Kier molecular flexibility index (Phi) is 6.20. The van der Waals surface area contributed by atoms with Crippen LogP contribution in [0.2, 0.25) is 5.02 Å². The Morgan fingerprint density at radius 1 is 1.54 bits per heavy atom. The van der Waals surface area contributed by atoms with Gasteiger partial charge in [0.1, 0.15) is 0 Å². The van der Waals surface area contributed by atoms with E-state index in [9.17, 15) is 8.42 Å². The summed E-state index contributed by atoms with van der Waals surface area (Å²) in [7, 11) is 1.08. The number of aromatic nitrogens is 1. The number of hydrogen-bond acceptors (Lipinski definition) is 3. The van der Waals surface area contributed by atoms with Gasteiger partial charge in [-0.15, -0.1) is 0 Å². The van der Waals surface area contributed by atoms with Gasteiger partial charge in [0.05, 0.1) is 23.1 Å². The third-order valence-electron chi connectivity index (χ3n) is 4.08. The van der Waals surface area contributed by atoms with Crippen molar-refractivity contribution in [2.75, 3.05) is 25.1 Å². The molecule has 1 atom stereocenters. The topological polar surface area (TPSA) is 66.7 Å². The number of nitrogens with zero attached hydrogens (tertiary/aromatic N) is 3. The van der Waals surface area contributed by atoms with Gasteiger partial charge in [0.2, 0.25) is 0 Å². The van der Waals surface area contributed by atoms with Crippen LogP contribution in [-0.4, -0.2) is 55.0 Å². The molecule has 6 nitrogen and oxygen atoms in total. The second kappa shape index (κ2) is 7.78. The average Bonchev–Trinajstić information content (AvgIpc) is 2.96. The van der Waals surface area contributed by atoms with Crippen molar-refractivity contribution in [3.8, 4) is 0 Å². The van der Waals surface area contributed by atoms with Crippen molar-refractivity contribution in [3.05, 3.63) is 23.0 Å². The Labute approximate surface area is 149 Å². The molecule has 0 aliphatic carbocycles. The molecule has 2 heterocycles. The van der Waals surface area contributed by atoms with Gasteiger partial charge in [-0.25, -0.2) is 8.42 Å². The SMILES string of the molecule is CC(C)NC(=NCC1CCS(=O)(=O)C1)N(C)Cc1cc(Cl)cn1C. The summed E-state index contributed by atoms with van der Waals surface area (Å²) >= 11 is 6.04. The van der Waals surface area contributed by atoms with Crippen LogP contribution in [0.1, 0.15) is 26.0 Å². The third-order valence-corrected chi connectivity index (χ3v) is 6.12. The number of rotatable bonds is 5. The number of hydrogen-bond donors (Lipinski definition) is 1. The molecule has 1 aliphatic heterocycles. The van der Waals surface area contributed by atoms with Gasteiger partial charge in [0, 0.05) is 38.6 Å². The lowest BCUT2D eigenvalue weighted by atomic mass is 10.1. The fourth-order valence-electron chi connectivity index (χ4n) is 2.81. The Balaban J connectivity index is 2.06. The number of sulfone groups is 1. The van der Waals surface area contributed by atoms with Crippen LogP contribution in [0.5, 0.6) is 0 Å². The first-order chi connectivity index (χ1) is 11.2. The van der Waals surface area contributed by atoms with Crippen molar-refractivity contribution >= 4 is 27.4 Å². The molecule has 1 aromatic rings. The summed E-state index contributed by atoms with van der Waals surface area (Å²) in [5.74, 6) is 1.45. The highest BCUT2D eigenvalue weighted by atomic mass is 35.5. The van der Waals surface area contributed by atoms with E-state index in [0.717, 1.165) is 11.7 Å². The van der Waals surface area contributed by atoms with E-state index in [1.54, 1.807) is 0 Å². The molecular weight excluding hydrogens is 348 g/mol. The molecule has 8 heteroatoms. The van der Waals surface area contributed by atoms with Gasteiger partial charge in [-0.2, -0.15) is 0 Å². The normalized spacial score (nSPS) is 20.6. The Morgan fingerprint density at radius 2 is 2.25 bits per heavy atom. The number of aryl methyl sites for hydroxylation is 1. The molecule has 1 saturated heterocycles. The van der Waals surface area contributed by atoms with E-state index in [4.69, 9.17) is 11.6 Å². The molecule has 0 radical (unpaired) electrons. The molecule has 1 unspecified atom stereocenters. The maximum Gasteiger partial charge on any atom is 0.194 e. The van der Waals surface area contributed by atoms with E-state index >= 15 is 0 Å². The van der Waals surface area contributed by atoms with Crippen molar-refractivity contribution in [1.29, 1.82) is 0 Å². The number of halogens is 1. The summed E-state index contributed by atoms with van der Waals surface area (Å²) < 4.78 is 25.2. The Bertz CT molecular complexity index is 697. The molecule has 0 aromatic carbocycles. The summed E-state index contributed by atoms with van der Waals surface area (Å²) in [5.41, 5.74) is 1.09. The summed E-state index contributed by atoms with van der Waals surface area (Å²) in [6.45, 7) is 5.32. The monoisotopic (exact) mass is 374 g/mol. The minimum atomic E-state index is -2.86. The zero-order valence-electron chi connectivity index (χ0n) is 14.8. The molecule has 2 rings (SSSR count). The number of aliphatic imine (C=N–C) groups is 1. The van der Waals surface area contributed by atoms with Crippen molar-refractivity contribution in [3.63, 3.8) is 0 Å². The second-order valence-corrected chi connectivity index (χ2v) is 9.51. The molecule has 0 saturated carbocycles. The second-order valence-electron chi connectivity index (χ2n) is 6.85. The van der Waals surface area contributed by atoms with E-state index in [0.29, 0.717) is 24.5 Å². The highest BCUT2D eigenvalue weighted by molar-refractivity contribution is 7.91. The fourth-order valence-corrected chi connectivity index (χ4v) is 4.93. The minimum absolute atomic E-state index is 0.122. The van der Waals surface area contributed by atoms with Crippen LogP contribution in [0, 0.1) is 5.92 Å². The van der Waals surface area contributed by atoms with Gasteiger partial charge in [0.25, 0.3) is 0 Å². The fraction of sp³-hybridized carbons (Fsp3) is 0.688. The van der Waals surface area contributed by atoms with Crippen LogP contribution < -0.4 is 5.32 Å². The maximum absolute atomic E-state index is 11.6. The van der Waals surface area contributed by atoms with Crippen LogP contribution >= 0.6 is 11.6 Å². The largest absolute Gasteiger partial charge is 0.354 e. The molecule has 1 N–H and O–H groups in total. The first kappa shape index (κ1) is 19.1.